The molecule has 1 aromatic rings. The zero-order valence-corrected chi connectivity index (χ0v) is 15.3. The van der Waals surface area contributed by atoms with Crippen molar-refractivity contribution in [2.45, 2.75) is 19.3 Å². The predicted octanol–water partition coefficient (Wildman–Crippen LogP) is 2.34. The number of nitrogens with one attached hydrogen (secondary N) is 1. The van der Waals surface area contributed by atoms with E-state index in [9.17, 15) is 0 Å². The lowest BCUT2D eigenvalue weighted by Crippen LogP contribution is -2.48. The number of anilines is 2. The van der Waals surface area contributed by atoms with Gasteiger partial charge in [0.2, 0.25) is 0 Å². The highest BCUT2D eigenvalue weighted by Gasteiger charge is 2.19. The summed E-state index contributed by atoms with van der Waals surface area (Å²) in [6, 6.07) is 6.45. The van der Waals surface area contributed by atoms with Crippen LogP contribution in [0.5, 0.6) is 5.75 Å². The van der Waals surface area contributed by atoms with E-state index >= 15 is 0 Å². The maximum Gasteiger partial charge on any atom is 0.144 e. The molecule has 24 heavy (non-hydrogen) atoms. The van der Waals surface area contributed by atoms with E-state index in [4.69, 9.17) is 4.74 Å². The van der Waals surface area contributed by atoms with Crippen molar-refractivity contribution < 1.29 is 4.74 Å². The molecule has 2 aliphatic rings. The first-order chi connectivity index (χ1) is 11.8. The molecule has 5 heteroatoms. The summed E-state index contributed by atoms with van der Waals surface area (Å²) in [7, 11) is 3.66. The maximum absolute atomic E-state index is 5.49. The molecule has 0 saturated carbocycles. The number of piperazine rings is 1. The van der Waals surface area contributed by atoms with Crippen molar-refractivity contribution in [2.75, 3.05) is 76.7 Å². The Morgan fingerprint density at radius 2 is 1.58 bits per heavy atom. The topological polar surface area (TPSA) is 31.0 Å². The number of benzene rings is 1. The summed E-state index contributed by atoms with van der Waals surface area (Å²) in [5.74, 6) is 0.919. The zero-order valence-electron chi connectivity index (χ0n) is 15.3. The van der Waals surface area contributed by atoms with Gasteiger partial charge in [-0.3, -0.25) is 4.90 Å². The number of ether oxygens (including phenoxy) is 1. The molecule has 2 heterocycles. The van der Waals surface area contributed by atoms with Gasteiger partial charge >= 0.3 is 0 Å². The quantitative estimate of drug-likeness (QED) is 0.864. The van der Waals surface area contributed by atoms with Crippen molar-refractivity contribution in [1.82, 2.24) is 9.80 Å². The Balaban J connectivity index is 1.47. The largest absolute Gasteiger partial charge is 0.495 e. The molecule has 0 unspecified atom stereocenters. The first-order valence-corrected chi connectivity index (χ1v) is 9.35. The van der Waals surface area contributed by atoms with Gasteiger partial charge in [0.15, 0.2) is 0 Å². The fourth-order valence-corrected chi connectivity index (χ4v) is 3.78. The molecule has 0 spiro atoms. The Hall–Kier alpha value is -1.46. The van der Waals surface area contributed by atoms with Crippen LogP contribution in [0.2, 0.25) is 0 Å². The number of methoxy groups -OCH3 is 1. The van der Waals surface area contributed by atoms with E-state index in [1.54, 1.807) is 7.11 Å². The van der Waals surface area contributed by atoms with Gasteiger partial charge in [0, 0.05) is 58.1 Å². The van der Waals surface area contributed by atoms with Crippen LogP contribution in [0, 0.1) is 0 Å². The van der Waals surface area contributed by atoms with Crippen molar-refractivity contribution in [1.29, 1.82) is 0 Å². The summed E-state index contributed by atoms with van der Waals surface area (Å²) in [5.41, 5.74) is 2.31. The third-order valence-electron chi connectivity index (χ3n) is 5.37. The molecule has 0 aliphatic carbocycles. The number of rotatable bonds is 6. The van der Waals surface area contributed by atoms with Crippen LogP contribution in [0.4, 0.5) is 11.4 Å². The number of likely N-dealkylation sites (tertiary alicyclic amines) is 1. The average molecular weight is 332 g/mol. The van der Waals surface area contributed by atoms with E-state index in [2.05, 4.69) is 38.2 Å². The minimum Gasteiger partial charge on any atom is -0.495 e. The first-order valence-electron chi connectivity index (χ1n) is 9.35. The summed E-state index contributed by atoms with van der Waals surface area (Å²) >= 11 is 0. The fraction of sp³-hybridized carbons (Fsp3) is 0.684. The summed E-state index contributed by atoms with van der Waals surface area (Å²) in [6.45, 7) is 9.58. The molecule has 1 aromatic carbocycles. The molecule has 2 aliphatic heterocycles. The van der Waals surface area contributed by atoms with Crippen LogP contribution < -0.4 is 15.0 Å². The third-order valence-corrected chi connectivity index (χ3v) is 5.37. The lowest BCUT2D eigenvalue weighted by atomic mass is 10.1. The second kappa shape index (κ2) is 8.58. The number of nitrogens with zero attached hydrogens (tertiary/aromatic N) is 3. The molecule has 0 amide bonds. The first kappa shape index (κ1) is 17.4. The van der Waals surface area contributed by atoms with E-state index in [-0.39, 0.29) is 0 Å². The van der Waals surface area contributed by atoms with Gasteiger partial charge in [-0.15, -0.1) is 0 Å². The molecule has 5 nitrogen and oxygen atoms in total. The second-order valence-corrected chi connectivity index (χ2v) is 6.87. The lowest BCUT2D eigenvalue weighted by molar-refractivity contribution is 0.177. The summed E-state index contributed by atoms with van der Waals surface area (Å²) in [4.78, 5) is 7.72. The monoisotopic (exact) mass is 332 g/mol. The van der Waals surface area contributed by atoms with Crippen LogP contribution in [0.3, 0.4) is 0 Å². The van der Waals surface area contributed by atoms with E-state index in [1.165, 1.54) is 51.1 Å². The molecule has 134 valence electrons. The zero-order chi connectivity index (χ0) is 16.8. The fourth-order valence-electron chi connectivity index (χ4n) is 3.78. The third kappa shape index (κ3) is 4.33. The Morgan fingerprint density at radius 3 is 2.21 bits per heavy atom. The molecule has 0 bridgehead atoms. The van der Waals surface area contributed by atoms with Crippen LogP contribution in [0.15, 0.2) is 18.2 Å². The Labute approximate surface area is 146 Å². The van der Waals surface area contributed by atoms with Crippen molar-refractivity contribution in [3.63, 3.8) is 0 Å². The van der Waals surface area contributed by atoms with Gasteiger partial charge in [0.05, 0.1) is 12.8 Å². The molecule has 3 rings (SSSR count). The van der Waals surface area contributed by atoms with Crippen LogP contribution >= 0.6 is 0 Å². The van der Waals surface area contributed by atoms with Gasteiger partial charge in [-0.2, -0.15) is 0 Å². The number of hydrogen-bond acceptors (Lipinski definition) is 5. The minimum atomic E-state index is 0.919. The average Bonchev–Trinajstić information content (AvgIpc) is 2.67. The van der Waals surface area contributed by atoms with Crippen LogP contribution in [-0.2, 0) is 0 Å². The number of hydrogen-bond donors (Lipinski definition) is 1. The molecule has 2 fully saturated rings. The molecular weight excluding hydrogens is 300 g/mol. The van der Waals surface area contributed by atoms with Crippen molar-refractivity contribution in [2.24, 2.45) is 0 Å². The van der Waals surface area contributed by atoms with Gasteiger partial charge in [-0.25, -0.2) is 0 Å². The van der Waals surface area contributed by atoms with E-state index in [1.807, 2.05) is 7.05 Å². The standard InChI is InChI=1S/C19H32N4O/c1-20-18-7-6-17(16-19(18)24-2)23-14-12-22(13-15-23)11-10-21-8-4-3-5-9-21/h6-7,16,20H,3-5,8-15H2,1-2H3. The van der Waals surface area contributed by atoms with Crippen molar-refractivity contribution >= 4 is 11.4 Å². The smallest absolute Gasteiger partial charge is 0.144 e. The minimum absolute atomic E-state index is 0.919. The van der Waals surface area contributed by atoms with Gasteiger partial charge in [-0.05, 0) is 38.1 Å². The van der Waals surface area contributed by atoms with Crippen LogP contribution in [-0.4, -0.2) is 76.3 Å². The number of piperidine rings is 1. The normalized spacial score (nSPS) is 20.2. The maximum atomic E-state index is 5.49. The van der Waals surface area contributed by atoms with Gasteiger partial charge in [-0.1, -0.05) is 6.42 Å². The van der Waals surface area contributed by atoms with Gasteiger partial charge < -0.3 is 19.9 Å². The molecule has 0 radical (unpaired) electrons. The van der Waals surface area contributed by atoms with Crippen LogP contribution in [0.1, 0.15) is 19.3 Å². The van der Waals surface area contributed by atoms with E-state index < -0.39 is 0 Å². The van der Waals surface area contributed by atoms with E-state index in [0.29, 0.717) is 0 Å². The molecular formula is C19H32N4O. The van der Waals surface area contributed by atoms with Crippen LogP contribution in [0.25, 0.3) is 0 Å². The predicted molar refractivity (Wildman–Crippen MR) is 101 cm³/mol. The molecule has 0 aromatic heterocycles. The summed E-state index contributed by atoms with van der Waals surface area (Å²) in [6.07, 6.45) is 4.20. The Kier molecular flexibility index (Phi) is 6.21. The molecule has 0 atom stereocenters. The van der Waals surface area contributed by atoms with E-state index in [0.717, 1.165) is 37.6 Å². The highest BCUT2D eigenvalue weighted by atomic mass is 16.5. The van der Waals surface area contributed by atoms with Crippen molar-refractivity contribution in [3.8, 4) is 5.75 Å². The highest BCUT2D eigenvalue weighted by molar-refractivity contribution is 5.64. The SMILES string of the molecule is CNc1ccc(N2CCN(CCN3CCCCC3)CC2)cc1OC. The van der Waals surface area contributed by atoms with Gasteiger partial charge in [0.1, 0.15) is 5.75 Å². The molecule has 2 saturated heterocycles. The Morgan fingerprint density at radius 1 is 0.917 bits per heavy atom. The summed E-state index contributed by atoms with van der Waals surface area (Å²) in [5, 5.41) is 3.18. The second-order valence-electron chi connectivity index (χ2n) is 6.87. The lowest BCUT2D eigenvalue weighted by Gasteiger charge is -2.37. The Bertz CT molecular complexity index is 508. The van der Waals surface area contributed by atoms with Crippen molar-refractivity contribution in [3.05, 3.63) is 18.2 Å². The molecule has 1 N–H and O–H groups in total. The summed E-state index contributed by atoms with van der Waals surface area (Å²) < 4.78 is 5.49. The van der Waals surface area contributed by atoms with Gasteiger partial charge in [0.25, 0.3) is 0 Å². The highest BCUT2D eigenvalue weighted by Crippen LogP contribution is 2.29.